The third-order valence-electron chi connectivity index (χ3n) is 2.97. The fourth-order valence-corrected chi connectivity index (χ4v) is 1.83. The first-order valence-corrected chi connectivity index (χ1v) is 5.86. The Hall–Kier alpha value is -2.17. The molecular formula is C14H14F2N2O. The third-order valence-corrected chi connectivity index (χ3v) is 2.97. The standard InChI is InChI=1S/C14H14F2N2O/c1-9(10-5-6-11(15)12(16)8-10)17-14(19)13-4-3-7-18(13)2/h3-9H,1-2H3,(H,17,19). The van der Waals surface area contributed by atoms with E-state index in [2.05, 4.69) is 5.32 Å². The predicted octanol–water partition coefficient (Wildman–Crippen LogP) is 2.79. The molecule has 1 aromatic heterocycles. The maximum Gasteiger partial charge on any atom is 0.268 e. The minimum Gasteiger partial charge on any atom is -0.347 e. The number of amides is 1. The molecule has 19 heavy (non-hydrogen) atoms. The number of halogens is 2. The molecule has 2 rings (SSSR count). The van der Waals surface area contributed by atoms with Gasteiger partial charge in [0.25, 0.3) is 5.91 Å². The summed E-state index contributed by atoms with van der Waals surface area (Å²) >= 11 is 0. The molecular weight excluding hydrogens is 250 g/mol. The molecule has 1 heterocycles. The molecule has 0 saturated heterocycles. The Balaban J connectivity index is 2.13. The zero-order valence-corrected chi connectivity index (χ0v) is 10.7. The SMILES string of the molecule is CC(NC(=O)c1cccn1C)c1ccc(F)c(F)c1. The van der Waals surface area contributed by atoms with Crippen LogP contribution in [0.2, 0.25) is 0 Å². The van der Waals surface area contributed by atoms with Crippen LogP contribution in [0.25, 0.3) is 0 Å². The van der Waals surface area contributed by atoms with Crippen LogP contribution in [0.3, 0.4) is 0 Å². The number of carbonyl (C=O) groups is 1. The second-order valence-electron chi connectivity index (χ2n) is 4.37. The van der Waals surface area contributed by atoms with E-state index in [9.17, 15) is 13.6 Å². The molecule has 2 aromatic rings. The van der Waals surface area contributed by atoms with Crippen LogP contribution < -0.4 is 5.32 Å². The molecule has 0 spiro atoms. The summed E-state index contributed by atoms with van der Waals surface area (Å²) in [6.45, 7) is 1.72. The van der Waals surface area contributed by atoms with E-state index < -0.39 is 17.7 Å². The average molecular weight is 264 g/mol. The fraction of sp³-hybridized carbons (Fsp3) is 0.214. The van der Waals surface area contributed by atoms with E-state index in [1.807, 2.05) is 0 Å². The van der Waals surface area contributed by atoms with E-state index in [0.717, 1.165) is 12.1 Å². The molecule has 100 valence electrons. The Morgan fingerprint density at radius 2 is 2.00 bits per heavy atom. The number of benzene rings is 1. The molecule has 0 aliphatic heterocycles. The van der Waals surface area contributed by atoms with Gasteiger partial charge in [0.15, 0.2) is 11.6 Å². The van der Waals surface area contributed by atoms with Crippen molar-refractivity contribution in [2.45, 2.75) is 13.0 Å². The molecule has 0 aliphatic carbocycles. The summed E-state index contributed by atoms with van der Waals surface area (Å²) in [5, 5.41) is 2.74. The normalized spacial score (nSPS) is 12.2. The van der Waals surface area contributed by atoms with Gasteiger partial charge in [0.2, 0.25) is 0 Å². The van der Waals surface area contributed by atoms with Gasteiger partial charge in [0, 0.05) is 13.2 Å². The molecule has 1 amide bonds. The highest BCUT2D eigenvalue weighted by Gasteiger charge is 2.14. The molecule has 0 bridgehead atoms. The van der Waals surface area contributed by atoms with Gasteiger partial charge in [-0.25, -0.2) is 8.78 Å². The number of nitrogens with zero attached hydrogens (tertiary/aromatic N) is 1. The summed E-state index contributed by atoms with van der Waals surface area (Å²) < 4.78 is 27.6. The van der Waals surface area contributed by atoms with E-state index in [1.165, 1.54) is 6.07 Å². The Morgan fingerprint density at radius 3 is 2.58 bits per heavy atom. The Morgan fingerprint density at radius 1 is 1.26 bits per heavy atom. The maximum atomic E-state index is 13.1. The van der Waals surface area contributed by atoms with Gasteiger partial charge in [-0.05, 0) is 36.8 Å². The highest BCUT2D eigenvalue weighted by Crippen LogP contribution is 2.16. The number of rotatable bonds is 3. The van der Waals surface area contributed by atoms with Crippen molar-refractivity contribution in [1.82, 2.24) is 9.88 Å². The zero-order valence-electron chi connectivity index (χ0n) is 10.7. The highest BCUT2D eigenvalue weighted by molar-refractivity contribution is 5.92. The number of hydrogen-bond acceptors (Lipinski definition) is 1. The molecule has 1 atom stereocenters. The third kappa shape index (κ3) is 2.81. The van der Waals surface area contributed by atoms with Crippen LogP contribution in [0.5, 0.6) is 0 Å². The van der Waals surface area contributed by atoms with Crippen molar-refractivity contribution in [3.05, 3.63) is 59.4 Å². The van der Waals surface area contributed by atoms with Crippen molar-refractivity contribution in [2.24, 2.45) is 7.05 Å². The van der Waals surface area contributed by atoms with Crippen molar-refractivity contribution in [1.29, 1.82) is 0 Å². The van der Waals surface area contributed by atoms with Gasteiger partial charge in [-0.15, -0.1) is 0 Å². The van der Waals surface area contributed by atoms with Gasteiger partial charge in [-0.2, -0.15) is 0 Å². The van der Waals surface area contributed by atoms with Gasteiger partial charge < -0.3 is 9.88 Å². The Labute approximate surface area is 109 Å². The molecule has 0 radical (unpaired) electrons. The van der Waals surface area contributed by atoms with Crippen LogP contribution in [0, 0.1) is 11.6 Å². The van der Waals surface area contributed by atoms with Gasteiger partial charge in [0.05, 0.1) is 6.04 Å². The molecule has 0 fully saturated rings. The quantitative estimate of drug-likeness (QED) is 0.908. The van der Waals surface area contributed by atoms with E-state index >= 15 is 0 Å². The van der Waals surface area contributed by atoms with E-state index in [0.29, 0.717) is 11.3 Å². The Kier molecular flexibility index (Phi) is 3.64. The molecule has 1 aromatic carbocycles. The van der Waals surface area contributed by atoms with Crippen molar-refractivity contribution < 1.29 is 13.6 Å². The maximum absolute atomic E-state index is 13.1. The summed E-state index contributed by atoms with van der Waals surface area (Å²) in [5.74, 6) is -2.08. The predicted molar refractivity (Wildman–Crippen MR) is 67.7 cm³/mol. The van der Waals surface area contributed by atoms with E-state index in [-0.39, 0.29) is 5.91 Å². The second-order valence-corrected chi connectivity index (χ2v) is 4.37. The summed E-state index contributed by atoms with van der Waals surface area (Å²) in [6, 6.07) is 6.64. The van der Waals surface area contributed by atoms with Crippen molar-refractivity contribution in [3.63, 3.8) is 0 Å². The zero-order chi connectivity index (χ0) is 14.0. The summed E-state index contributed by atoms with van der Waals surface area (Å²) in [7, 11) is 1.76. The number of aromatic nitrogens is 1. The fourth-order valence-electron chi connectivity index (χ4n) is 1.83. The van der Waals surface area contributed by atoms with Crippen molar-refractivity contribution in [2.75, 3.05) is 0 Å². The van der Waals surface area contributed by atoms with Crippen molar-refractivity contribution >= 4 is 5.91 Å². The number of hydrogen-bond donors (Lipinski definition) is 1. The molecule has 3 nitrogen and oxygen atoms in total. The molecule has 1 N–H and O–H groups in total. The van der Waals surface area contributed by atoms with Crippen LogP contribution in [-0.2, 0) is 7.05 Å². The average Bonchev–Trinajstić information content (AvgIpc) is 2.79. The lowest BCUT2D eigenvalue weighted by atomic mass is 10.1. The molecule has 0 saturated carbocycles. The lowest BCUT2D eigenvalue weighted by Gasteiger charge is -2.15. The number of carbonyl (C=O) groups excluding carboxylic acids is 1. The van der Waals surface area contributed by atoms with Gasteiger partial charge in [-0.1, -0.05) is 6.07 Å². The lowest BCUT2D eigenvalue weighted by molar-refractivity contribution is 0.0931. The van der Waals surface area contributed by atoms with E-state index in [1.54, 1.807) is 36.9 Å². The Bertz CT molecular complexity index is 607. The minimum atomic E-state index is -0.919. The number of nitrogens with one attached hydrogen (secondary N) is 1. The second kappa shape index (κ2) is 5.22. The summed E-state index contributed by atoms with van der Waals surface area (Å²) in [4.78, 5) is 12.0. The minimum absolute atomic E-state index is 0.260. The number of aryl methyl sites for hydroxylation is 1. The van der Waals surface area contributed by atoms with Crippen LogP contribution in [0.1, 0.15) is 29.0 Å². The summed E-state index contributed by atoms with van der Waals surface area (Å²) in [5.41, 5.74) is 1.02. The molecule has 5 heteroatoms. The smallest absolute Gasteiger partial charge is 0.268 e. The molecule has 1 unspecified atom stereocenters. The van der Waals surface area contributed by atoms with Crippen LogP contribution >= 0.6 is 0 Å². The lowest BCUT2D eigenvalue weighted by Crippen LogP contribution is -2.28. The van der Waals surface area contributed by atoms with Crippen LogP contribution in [0.4, 0.5) is 8.78 Å². The first-order valence-electron chi connectivity index (χ1n) is 5.86. The largest absolute Gasteiger partial charge is 0.347 e. The van der Waals surface area contributed by atoms with Crippen LogP contribution in [-0.4, -0.2) is 10.5 Å². The highest BCUT2D eigenvalue weighted by atomic mass is 19.2. The first kappa shape index (κ1) is 13.3. The van der Waals surface area contributed by atoms with Crippen molar-refractivity contribution in [3.8, 4) is 0 Å². The topological polar surface area (TPSA) is 34.0 Å². The van der Waals surface area contributed by atoms with Gasteiger partial charge >= 0.3 is 0 Å². The van der Waals surface area contributed by atoms with Crippen LogP contribution in [0.15, 0.2) is 36.5 Å². The van der Waals surface area contributed by atoms with E-state index in [4.69, 9.17) is 0 Å². The summed E-state index contributed by atoms with van der Waals surface area (Å²) in [6.07, 6.45) is 1.76. The first-order chi connectivity index (χ1) is 8.99. The monoisotopic (exact) mass is 264 g/mol. The van der Waals surface area contributed by atoms with Gasteiger partial charge in [-0.3, -0.25) is 4.79 Å². The molecule has 0 aliphatic rings. The van der Waals surface area contributed by atoms with Gasteiger partial charge in [0.1, 0.15) is 5.69 Å².